The lowest BCUT2D eigenvalue weighted by atomic mass is 9.88. The second kappa shape index (κ2) is 6.58. The average Bonchev–Trinajstić information content (AvgIpc) is 2.36. The van der Waals surface area contributed by atoms with Gasteiger partial charge in [0.1, 0.15) is 6.61 Å². The van der Waals surface area contributed by atoms with Gasteiger partial charge in [0.05, 0.1) is 5.56 Å². The average molecular weight is 273 g/mol. The fourth-order valence-corrected chi connectivity index (χ4v) is 1.58. The van der Waals surface area contributed by atoms with Crippen molar-refractivity contribution in [2.45, 2.75) is 40.7 Å². The van der Waals surface area contributed by atoms with E-state index in [-0.39, 0.29) is 24.0 Å². The molecule has 1 amide bonds. The highest BCUT2D eigenvalue weighted by Gasteiger charge is 2.23. The van der Waals surface area contributed by atoms with Crippen molar-refractivity contribution in [3.05, 3.63) is 34.9 Å². The molecule has 3 heteroatoms. The number of hydrogen-bond acceptors (Lipinski definition) is 2. The van der Waals surface area contributed by atoms with Crippen LogP contribution in [0.1, 0.15) is 49.2 Å². The van der Waals surface area contributed by atoms with Crippen LogP contribution in [0.3, 0.4) is 0 Å². The molecule has 3 nitrogen and oxygen atoms in total. The predicted octanol–water partition coefficient (Wildman–Crippen LogP) is 2.50. The molecule has 0 aliphatic heterocycles. The van der Waals surface area contributed by atoms with Gasteiger partial charge in [0, 0.05) is 11.6 Å². The Balaban J connectivity index is 3.05. The van der Waals surface area contributed by atoms with Gasteiger partial charge in [-0.25, -0.2) is 0 Å². The van der Waals surface area contributed by atoms with Crippen LogP contribution in [0.4, 0.5) is 0 Å². The molecule has 0 spiro atoms. The van der Waals surface area contributed by atoms with E-state index in [4.69, 9.17) is 5.11 Å². The first-order chi connectivity index (χ1) is 9.25. The number of aliphatic hydroxyl groups excluding tert-OH is 1. The summed E-state index contributed by atoms with van der Waals surface area (Å²) in [5.74, 6) is 5.28. The summed E-state index contributed by atoms with van der Waals surface area (Å²) >= 11 is 0. The van der Waals surface area contributed by atoms with E-state index in [9.17, 15) is 4.79 Å². The van der Waals surface area contributed by atoms with E-state index >= 15 is 0 Å². The van der Waals surface area contributed by atoms with Crippen LogP contribution in [0, 0.1) is 24.2 Å². The van der Waals surface area contributed by atoms with Gasteiger partial charge in [-0.1, -0.05) is 44.2 Å². The fourth-order valence-electron chi connectivity index (χ4n) is 1.58. The Hall–Kier alpha value is -1.79. The molecule has 0 fully saturated rings. The molecule has 0 aliphatic carbocycles. The number of carbonyl (C=O) groups is 1. The van der Waals surface area contributed by atoms with Crippen molar-refractivity contribution in [1.82, 2.24) is 5.32 Å². The van der Waals surface area contributed by atoms with E-state index in [2.05, 4.69) is 37.9 Å². The minimum absolute atomic E-state index is 0.00355. The number of aryl methyl sites for hydroxylation is 1. The van der Waals surface area contributed by atoms with Gasteiger partial charge in [-0.2, -0.15) is 0 Å². The summed E-state index contributed by atoms with van der Waals surface area (Å²) in [6.45, 7) is 9.97. The summed E-state index contributed by atoms with van der Waals surface area (Å²) in [5.41, 5.74) is 2.20. The van der Waals surface area contributed by atoms with Crippen molar-refractivity contribution >= 4 is 5.91 Å². The van der Waals surface area contributed by atoms with Gasteiger partial charge in [-0.05, 0) is 31.4 Å². The van der Waals surface area contributed by atoms with Crippen LogP contribution < -0.4 is 5.32 Å². The zero-order valence-electron chi connectivity index (χ0n) is 12.9. The second-order valence-corrected chi connectivity index (χ2v) is 6.07. The van der Waals surface area contributed by atoms with Crippen molar-refractivity contribution < 1.29 is 9.90 Å². The highest BCUT2D eigenvalue weighted by molar-refractivity contribution is 5.97. The lowest BCUT2D eigenvalue weighted by Gasteiger charge is -2.28. The van der Waals surface area contributed by atoms with Crippen molar-refractivity contribution in [1.29, 1.82) is 0 Å². The van der Waals surface area contributed by atoms with Gasteiger partial charge in [-0.15, -0.1) is 0 Å². The standard InChI is InChI=1S/C17H23NO2/c1-12-8-9-14(7-6-10-19)15(11-12)16(20)18-13(2)17(3,4)5/h8-9,11,13,19H,10H2,1-5H3,(H,18,20). The number of rotatable bonds is 2. The smallest absolute Gasteiger partial charge is 0.252 e. The van der Waals surface area contributed by atoms with Crippen molar-refractivity contribution in [3.8, 4) is 11.8 Å². The molecule has 1 aromatic rings. The van der Waals surface area contributed by atoms with Gasteiger partial charge in [-0.3, -0.25) is 4.79 Å². The maximum absolute atomic E-state index is 12.4. The third kappa shape index (κ3) is 4.40. The first-order valence-electron chi connectivity index (χ1n) is 6.77. The molecule has 2 N–H and O–H groups in total. The molecule has 1 rings (SSSR count). The van der Waals surface area contributed by atoms with E-state index in [0.717, 1.165) is 5.56 Å². The summed E-state index contributed by atoms with van der Waals surface area (Å²) in [4.78, 5) is 12.4. The van der Waals surface area contributed by atoms with Crippen LogP contribution in [0.2, 0.25) is 0 Å². The molecule has 1 atom stereocenters. The molecule has 20 heavy (non-hydrogen) atoms. The van der Waals surface area contributed by atoms with Crippen molar-refractivity contribution in [3.63, 3.8) is 0 Å². The van der Waals surface area contributed by atoms with Crippen LogP contribution in [-0.4, -0.2) is 23.7 Å². The molecule has 1 aromatic carbocycles. The number of amides is 1. The summed E-state index contributed by atoms with van der Waals surface area (Å²) in [6.07, 6.45) is 0. The number of benzene rings is 1. The quantitative estimate of drug-likeness (QED) is 0.813. The zero-order chi connectivity index (χ0) is 15.3. The van der Waals surface area contributed by atoms with E-state index < -0.39 is 0 Å². The Labute approximate surface area is 121 Å². The normalized spacial score (nSPS) is 12.3. The van der Waals surface area contributed by atoms with Crippen LogP contribution in [-0.2, 0) is 0 Å². The molecule has 0 aromatic heterocycles. The third-order valence-electron chi connectivity index (χ3n) is 3.37. The topological polar surface area (TPSA) is 49.3 Å². The molecule has 0 saturated carbocycles. The zero-order valence-corrected chi connectivity index (χ0v) is 12.9. The highest BCUT2D eigenvalue weighted by atomic mass is 16.2. The lowest BCUT2D eigenvalue weighted by molar-refractivity contribution is 0.0910. The Morgan fingerprint density at radius 2 is 2.05 bits per heavy atom. The summed E-state index contributed by atoms with van der Waals surface area (Å²) in [7, 11) is 0. The van der Waals surface area contributed by atoms with E-state index in [0.29, 0.717) is 11.1 Å². The van der Waals surface area contributed by atoms with Gasteiger partial charge >= 0.3 is 0 Å². The largest absolute Gasteiger partial charge is 0.384 e. The van der Waals surface area contributed by atoms with Crippen LogP contribution >= 0.6 is 0 Å². The number of hydrogen-bond donors (Lipinski definition) is 2. The molecular weight excluding hydrogens is 250 g/mol. The SMILES string of the molecule is Cc1ccc(C#CCO)c(C(=O)NC(C)C(C)(C)C)c1. The van der Waals surface area contributed by atoms with Crippen LogP contribution in [0.15, 0.2) is 18.2 Å². The number of aliphatic hydroxyl groups is 1. The molecule has 0 bridgehead atoms. The second-order valence-electron chi connectivity index (χ2n) is 6.07. The first-order valence-corrected chi connectivity index (χ1v) is 6.77. The maximum Gasteiger partial charge on any atom is 0.252 e. The Kier molecular flexibility index (Phi) is 5.35. The Morgan fingerprint density at radius 1 is 1.40 bits per heavy atom. The molecule has 0 saturated heterocycles. The molecule has 1 unspecified atom stereocenters. The predicted molar refractivity (Wildman–Crippen MR) is 81.5 cm³/mol. The van der Waals surface area contributed by atoms with Gasteiger partial charge in [0.25, 0.3) is 5.91 Å². The highest BCUT2D eigenvalue weighted by Crippen LogP contribution is 2.19. The van der Waals surface area contributed by atoms with E-state index in [1.54, 1.807) is 0 Å². The van der Waals surface area contributed by atoms with Crippen molar-refractivity contribution in [2.24, 2.45) is 5.41 Å². The molecule has 0 radical (unpaired) electrons. The van der Waals surface area contributed by atoms with E-state index in [1.165, 1.54) is 0 Å². The monoisotopic (exact) mass is 273 g/mol. The molecule has 0 aliphatic rings. The summed E-state index contributed by atoms with van der Waals surface area (Å²) in [5, 5.41) is 11.8. The van der Waals surface area contributed by atoms with Crippen LogP contribution in [0.25, 0.3) is 0 Å². The molecule has 108 valence electrons. The van der Waals surface area contributed by atoms with E-state index in [1.807, 2.05) is 32.0 Å². The molecule has 0 heterocycles. The molecular formula is C17H23NO2. The maximum atomic E-state index is 12.4. The van der Waals surface area contributed by atoms with Crippen LogP contribution in [0.5, 0.6) is 0 Å². The lowest BCUT2D eigenvalue weighted by Crippen LogP contribution is -2.41. The number of carbonyl (C=O) groups excluding carboxylic acids is 1. The Morgan fingerprint density at radius 3 is 2.60 bits per heavy atom. The van der Waals surface area contributed by atoms with Gasteiger partial charge < -0.3 is 10.4 Å². The fraction of sp³-hybridized carbons (Fsp3) is 0.471. The van der Waals surface area contributed by atoms with Gasteiger partial charge in [0.2, 0.25) is 0 Å². The minimum Gasteiger partial charge on any atom is -0.384 e. The number of nitrogens with one attached hydrogen (secondary N) is 1. The van der Waals surface area contributed by atoms with Crippen molar-refractivity contribution in [2.75, 3.05) is 6.61 Å². The Bertz CT molecular complexity index is 544. The van der Waals surface area contributed by atoms with Gasteiger partial charge in [0.15, 0.2) is 0 Å². The first kappa shape index (κ1) is 16.3. The third-order valence-corrected chi connectivity index (χ3v) is 3.37. The summed E-state index contributed by atoms with van der Waals surface area (Å²) < 4.78 is 0. The minimum atomic E-state index is -0.215. The summed E-state index contributed by atoms with van der Waals surface area (Å²) in [6, 6.07) is 5.60.